The first-order chi connectivity index (χ1) is 10.0. The van der Waals surface area contributed by atoms with Gasteiger partial charge in [0.1, 0.15) is 5.97 Å². The second kappa shape index (κ2) is 7.30. The Kier molecular flexibility index (Phi) is 6.22. The third-order valence-corrected chi connectivity index (χ3v) is 4.06. The minimum atomic E-state index is -5.19. The first kappa shape index (κ1) is 18.7. The van der Waals surface area contributed by atoms with Crippen LogP contribution in [0.3, 0.4) is 0 Å². The fraction of sp³-hybridized carbons (Fsp3) is 0.857. The number of amides is 1. The molecule has 5 nitrogen and oxygen atoms in total. The molecule has 2 aliphatic rings. The zero-order valence-electron chi connectivity index (χ0n) is 12.9. The summed E-state index contributed by atoms with van der Waals surface area (Å²) in [5.41, 5.74) is 0.435. The highest BCUT2D eigenvalue weighted by molar-refractivity contribution is 5.77. The molecule has 2 N–H and O–H groups in total. The third-order valence-electron chi connectivity index (χ3n) is 4.06. The molecule has 1 heterocycles. The van der Waals surface area contributed by atoms with Gasteiger partial charge in [-0.1, -0.05) is 20.3 Å². The summed E-state index contributed by atoms with van der Waals surface area (Å²) in [5.74, 6) is -2.66. The number of hydrogen-bond acceptors (Lipinski definition) is 3. The van der Waals surface area contributed by atoms with E-state index in [0.29, 0.717) is 23.9 Å². The van der Waals surface area contributed by atoms with E-state index in [9.17, 15) is 18.0 Å². The number of carboxylic acid groups (broad SMARTS) is 1. The Morgan fingerprint density at radius 3 is 2.45 bits per heavy atom. The third kappa shape index (κ3) is 5.82. The van der Waals surface area contributed by atoms with Crippen molar-refractivity contribution in [3.63, 3.8) is 0 Å². The van der Waals surface area contributed by atoms with Gasteiger partial charge in [-0.25, -0.2) is 0 Å². The van der Waals surface area contributed by atoms with Crippen molar-refractivity contribution in [1.82, 2.24) is 4.90 Å². The smallest absolute Gasteiger partial charge is 0.430 e. The average molecular weight is 324 g/mol. The number of nitrogens with zero attached hydrogens (tertiary/aromatic N) is 1. The number of nitrogens with two attached hydrogens (primary N) is 1. The number of piperazine rings is 1. The highest BCUT2D eigenvalue weighted by atomic mass is 19.4. The maximum absolute atomic E-state index is 11.8. The number of hydrogen-bond donors (Lipinski definition) is 1. The van der Waals surface area contributed by atoms with Gasteiger partial charge in [-0.15, -0.1) is 0 Å². The first-order valence-corrected chi connectivity index (χ1v) is 7.42. The topological polar surface area (TPSA) is 77.0 Å². The second-order valence-electron chi connectivity index (χ2n) is 6.57. The van der Waals surface area contributed by atoms with Gasteiger partial charge in [0, 0.05) is 6.04 Å². The van der Waals surface area contributed by atoms with E-state index in [-0.39, 0.29) is 0 Å². The molecule has 1 unspecified atom stereocenters. The molecule has 0 aromatic heterocycles. The summed E-state index contributed by atoms with van der Waals surface area (Å²) in [6.07, 6.45) is -0.184. The van der Waals surface area contributed by atoms with Gasteiger partial charge in [-0.2, -0.15) is 13.2 Å². The normalized spacial score (nSPS) is 25.2. The molecule has 22 heavy (non-hydrogen) atoms. The predicted octanol–water partition coefficient (Wildman–Crippen LogP) is -0.341. The molecule has 2 rings (SSSR count). The largest absolute Gasteiger partial charge is 0.542 e. The van der Waals surface area contributed by atoms with Crippen LogP contribution < -0.4 is 10.4 Å². The molecule has 1 saturated carbocycles. The van der Waals surface area contributed by atoms with Crippen molar-refractivity contribution in [2.75, 3.05) is 19.6 Å². The SMILES string of the molecule is CC1(C)CCCC(N2CC[NH2+]CC2=O)C1.O=C([O-])C(F)(F)F. The molecule has 0 bridgehead atoms. The number of carboxylic acids is 1. The van der Waals surface area contributed by atoms with Crippen LogP contribution in [0.2, 0.25) is 0 Å². The van der Waals surface area contributed by atoms with Crippen LogP contribution in [0.4, 0.5) is 13.2 Å². The number of alkyl halides is 3. The standard InChI is InChI=1S/C12H22N2O.C2HF3O2/c1-12(2)5-3-4-10(8-12)14-7-6-13-9-11(14)15;3-2(4,5)1(6)7/h10,13H,3-9H2,1-2H3;(H,6,7). The van der Waals surface area contributed by atoms with E-state index in [1.54, 1.807) is 0 Å². The predicted molar refractivity (Wildman–Crippen MR) is 70.5 cm³/mol. The molecule has 1 aliphatic heterocycles. The Morgan fingerprint density at radius 2 is 2.00 bits per heavy atom. The molecule has 1 saturated heterocycles. The van der Waals surface area contributed by atoms with Gasteiger partial charge >= 0.3 is 6.18 Å². The van der Waals surface area contributed by atoms with E-state index < -0.39 is 12.1 Å². The van der Waals surface area contributed by atoms with Gasteiger partial charge in [-0.3, -0.25) is 4.79 Å². The minimum absolute atomic E-state index is 0.351. The molecule has 0 aromatic carbocycles. The minimum Gasteiger partial charge on any atom is -0.542 e. The Balaban J connectivity index is 0.000000295. The van der Waals surface area contributed by atoms with E-state index in [2.05, 4.69) is 24.1 Å². The van der Waals surface area contributed by atoms with Crippen molar-refractivity contribution in [3.8, 4) is 0 Å². The van der Waals surface area contributed by atoms with Crippen LogP contribution in [0.5, 0.6) is 0 Å². The summed E-state index contributed by atoms with van der Waals surface area (Å²) in [5, 5.41) is 10.9. The quantitative estimate of drug-likeness (QED) is 0.717. The zero-order chi connectivity index (χ0) is 17.0. The molecular formula is C14H23F3N2O3. The molecule has 1 atom stereocenters. The van der Waals surface area contributed by atoms with Crippen molar-refractivity contribution < 1.29 is 33.2 Å². The van der Waals surface area contributed by atoms with E-state index in [4.69, 9.17) is 9.90 Å². The van der Waals surface area contributed by atoms with Crippen LogP contribution >= 0.6 is 0 Å². The summed E-state index contributed by atoms with van der Waals surface area (Å²) in [6.45, 7) is 7.37. The van der Waals surface area contributed by atoms with Gasteiger partial charge in [0.25, 0.3) is 5.91 Å². The summed E-state index contributed by atoms with van der Waals surface area (Å²) in [7, 11) is 0. The Labute approximate surface area is 127 Å². The Bertz CT molecular complexity index is 411. The Morgan fingerprint density at radius 1 is 1.41 bits per heavy atom. The lowest BCUT2D eigenvalue weighted by atomic mass is 9.74. The lowest BCUT2D eigenvalue weighted by Gasteiger charge is -2.41. The van der Waals surface area contributed by atoms with Crippen LogP contribution in [0, 0.1) is 5.41 Å². The highest BCUT2D eigenvalue weighted by Gasteiger charge is 2.35. The lowest BCUT2D eigenvalue weighted by molar-refractivity contribution is -0.650. The molecule has 8 heteroatoms. The fourth-order valence-electron chi connectivity index (χ4n) is 3.01. The van der Waals surface area contributed by atoms with E-state index >= 15 is 0 Å². The maximum atomic E-state index is 11.8. The monoisotopic (exact) mass is 324 g/mol. The van der Waals surface area contributed by atoms with Gasteiger partial charge < -0.3 is 20.1 Å². The van der Waals surface area contributed by atoms with E-state index in [0.717, 1.165) is 13.1 Å². The number of rotatable bonds is 1. The van der Waals surface area contributed by atoms with Crippen molar-refractivity contribution >= 4 is 11.9 Å². The van der Waals surface area contributed by atoms with Gasteiger partial charge in [-0.05, 0) is 24.7 Å². The summed E-state index contributed by atoms with van der Waals surface area (Å²) in [6, 6.07) is 0.523. The highest BCUT2D eigenvalue weighted by Crippen LogP contribution is 2.37. The molecule has 1 aliphatic carbocycles. The molecule has 0 spiro atoms. The maximum Gasteiger partial charge on any atom is 0.430 e. The van der Waals surface area contributed by atoms with Crippen LogP contribution in [-0.2, 0) is 9.59 Å². The molecular weight excluding hydrogens is 301 g/mol. The fourth-order valence-corrected chi connectivity index (χ4v) is 3.01. The van der Waals surface area contributed by atoms with Crippen molar-refractivity contribution in [3.05, 3.63) is 0 Å². The number of carbonyl (C=O) groups excluding carboxylic acids is 2. The molecule has 2 fully saturated rings. The first-order valence-electron chi connectivity index (χ1n) is 7.42. The van der Waals surface area contributed by atoms with Crippen molar-refractivity contribution in [2.24, 2.45) is 5.41 Å². The molecule has 0 aromatic rings. The number of aliphatic carboxylic acids is 1. The number of halogens is 3. The molecule has 1 amide bonds. The summed E-state index contributed by atoms with van der Waals surface area (Å²) in [4.78, 5) is 22.7. The lowest BCUT2D eigenvalue weighted by Crippen LogP contribution is -2.91. The van der Waals surface area contributed by atoms with Crippen LogP contribution in [0.15, 0.2) is 0 Å². The van der Waals surface area contributed by atoms with Crippen LogP contribution in [-0.4, -0.2) is 48.6 Å². The zero-order valence-corrected chi connectivity index (χ0v) is 12.9. The Hall–Kier alpha value is -1.31. The van der Waals surface area contributed by atoms with Gasteiger partial charge in [0.15, 0.2) is 6.54 Å². The van der Waals surface area contributed by atoms with Crippen molar-refractivity contribution in [2.45, 2.75) is 51.7 Å². The van der Waals surface area contributed by atoms with Crippen LogP contribution in [0.1, 0.15) is 39.5 Å². The van der Waals surface area contributed by atoms with Crippen LogP contribution in [0.25, 0.3) is 0 Å². The number of quaternary nitrogens is 1. The summed E-state index contributed by atoms with van der Waals surface area (Å²) < 4.78 is 31.5. The van der Waals surface area contributed by atoms with Crippen molar-refractivity contribution in [1.29, 1.82) is 0 Å². The summed E-state index contributed by atoms with van der Waals surface area (Å²) >= 11 is 0. The van der Waals surface area contributed by atoms with E-state index in [1.807, 2.05) is 0 Å². The van der Waals surface area contributed by atoms with Gasteiger partial charge in [0.2, 0.25) is 0 Å². The van der Waals surface area contributed by atoms with Gasteiger partial charge in [0.05, 0.1) is 13.1 Å². The molecule has 128 valence electrons. The average Bonchev–Trinajstić information content (AvgIpc) is 2.37. The number of carbonyl (C=O) groups is 2. The second-order valence-corrected chi connectivity index (χ2v) is 6.57. The van der Waals surface area contributed by atoms with E-state index in [1.165, 1.54) is 25.7 Å². The molecule has 0 radical (unpaired) electrons.